The van der Waals surface area contributed by atoms with Crippen molar-refractivity contribution in [3.05, 3.63) is 12.5 Å². The Morgan fingerprint density at radius 3 is 2.39 bits per heavy atom. The zero-order valence-corrected chi connectivity index (χ0v) is 24.0. The van der Waals surface area contributed by atoms with Gasteiger partial charge in [-0.15, -0.1) is 20.4 Å². The van der Waals surface area contributed by atoms with E-state index in [2.05, 4.69) is 78.4 Å². The number of nitrogens with zero attached hydrogens (tertiary/aromatic N) is 8. The van der Waals surface area contributed by atoms with Gasteiger partial charge in [-0.2, -0.15) is 0 Å². The lowest BCUT2D eigenvalue weighted by Gasteiger charge is -2.45. The lowest BCUT2D eigenvalue weighted by Crippen LogP contribution is -2.57. The van der Waals surface area contributed by atoms with Crippen LogP contribution in [-0.4, -0.2) is 98.5 Å². The highest BCUT2D eigenvalue weighted by molar-refractivity contribution is 7.19. The molecule has 2 aromatic heterocycles. The van der Waals surface area contributed by atoms with Gasteiger partial charge >= 0.3 is 0 Å². The van der Waals surface area contributed by atoms with Crippen LogP contribution in [0.2, 0.25) is 0 Å². The molecule has 0 aromatic carbocycles. The molecule has 38 heavy (non-hydrogen) atoms. The molecule has 2 N–H and O–H groups in total. The van der Waals surface area contributed by atoms with Gasteiger partial charge in [-0.05, 0) is 57.3 Å². The van der Waals surface area contributed by atoms with Crippen molar-refractivity contribution in [3.8, 4) is 0 Å². The van der Waals surface area contributed by atoms with Gasteiger partial charge in [0.2, 0.25) is 16.2 Å². The number of anilines is 3. The molecule has 0 spiro atoms. The summed E-state index contributed by atoms with van der Waals surface area (Å²) in [5.74, 6) is 1.23. The molecule has 208 valence electrons. The number of carbonyl (C=O) groups is 1. The van der Waals surface area contributed by atoms with Gasteiger partial charge in [0.05, 0.1) is 12.2 Å². The van der Waals surface area contributed by atoms with Gasteiger partial charge in [0.15, 0.2) is 5.82 Å². The Bertz CT molecular complexity index is 1050. The smallest absolute Gasteiger partial charge is 0.243 e. The Morgan fingerprint density at radius 1 is 1.00 bits per heavy atom. The Hall–Kier alpha value is -2.44. The summed E-state index contributed by atoms with van der Waals surface area (Å²) in [6.45, 7) is 14.8. The summed E-state index contributed by atoms with van der Waals surface area (Å²) in [5, 5.41) is 24.6. The Kier molecular flexibility index (Phi) is 8.39. The van der Waals surface area contributed by atoms with E-state index in [0.29, 0.717) is 22.5 Å². The molecular weight excluding hydrogens is 500 g/mol. The van der Waals surface area contributed by atoms with E-state index in [0.717, 1.165) is 69.5 Å². The van der Waals surface area contributed by atoms with Gasteiger partial charge in [0.1, 0.15) is 6.33 Å². The minimum Gasteiger partial charge on any atom is -0.355 e. The van der Waals surface area contributed by atoms with Gasteiger partial charge in [-0.1, -0.05) is 25.2 Å². The molecule has 11 nitrogen and oxygen atoms in total. The number of carbonyl (C=O) groups excluding carboxylic acids is 1. The average Bonchev–Trinajstić information content (AvgIpc) is 3.56. The second-order valence-electron chi connectivity index (χ2n) is 12.1. The van der Waals surface area contributed by atoms with Crippen molar-refractivity contribution in [1.82, 2.24) is 35.2 Å². The minimum absolute atomic E-state index is 0.0672. The van der Waals surface area contributed by atoms with Crippen LogP contribution in [0.1, 0.15) is 59.8 Å². The molecular formula is C26H42N10OS. The minimum atomic E-state index is -0.121. The van der Waals surface area contributed by atoms with Gasteiger partial charge in [-0.25, -0.2) is 4.98 Å². The van der Waals surface area contributed by atoms with E-state index >= 15 is 0 Å². The first-order valence-electron chi connectivity index (χ1n) is 14.0. The summed E-state index contributed by atoms with van der Waals surface area (Å²) in [7, 11) is 0. The molecule has 5 rings (SSSR count). The summed E-state index contributed by atoms with van der Waals surface area (Å²) in [5.41, 5.74) is 0.368. The Morgan fingerprint density at radius 2 is 1.71 bits per heavy atom. The normalized spacial score (nSPS) is 24.0. The monoisotopic (exact) mass is 542 g/mol. The van der Waals surface area contributed by atoms with E-state index in [-0.39, 0.29) is 18.0 Å². The fourth-order valence-corrected chi connectivity index (χ4v) is 6.83. The number of amides is 1. The molecule has 2 aromatic rings. The van der Waals surface area contributed by atoms with Gasteiger partial charge in [0.25, 0.3) is 0 Å². The maximum Gasteiger partial charge on any atom is 0.243 e. The molecule has 1 saturated carbocycles. The predicted molar refractivity (Wildman–Crippen MR) is 150 cm³/mol. The third-order valence-electron chi connectivity index (χ3n) is 8.53. The van der Waals surface area contributed by atoms with Crippen LogP contribution in [0.25, 0.3) is 0 Å². The molecule has 2 atom stereocenters. The van der Waals surface area contributed by atoms with E-state index in [1.165, 1.54) is 30.5 Å². The quantitative estimate of drug-likeness (QED) is 0.516. The van der Waals surface area contributed by atoms with Crippen molar-refractivity contribution < 1.29 is 4.79 Å². The first-order chi connectivity index (χ1) is 18.3. The standard InChI is InChI=1S/C26H42N10OS/c1-18(2)34-11-13-35(14-12-34)22(19-5-8-26(3,4)9-6-19)23(37)30-25-33-32-24(38-25)29-20-7-10-36(16-20)21-15-27-17-28-31-21/h15,17-20,22H,5-14,16H2,1-4H3,(H,29,32)(H,30,33,37)/t20-,22+/m1/s1. The fraction of sp³-hybridized carbons (Fsp3) is 0.769. The van der Waals surface area contributed by atoms with Crippen molar-refractivity contribution >= 4 is 33.3 Å². The van der Waals surface area contributed by atoms with Crippen LogP contribution in [0.4, 0.5) is 16.1 Å². The number of rotatable bonds is 8. The second-order valence-corrected chi connectivity index (χ2v) is 13.0. The molecule has 4 heterocycles. The van der Waals surface area contributed by atoms with E-state index < -0.39 is 0 Å². The lowest BCUT2D eigenvalue weighted by atomic mass is 9.70. The van der Waals surface area contributed by atoms with Crippen molar-refractivity contribution in [2.45, 2.75) is 77.9 Å². The summed E-state index contributed by atoms with van der Waals surface area (Å²) < 4.78 is 0. The van der Waals surface area contributed by atoms with E-state index in [9.17, 15) is 4.79 Å². The first-order valence-corrected chi connectivity index (χ1v) is 14.9. The number of aromatic nitrogens is 5. The molecule has 3 fully saturated rings. The van der Waals surface area contributed by atoms with E-state index in [4.69, 9.17) is 0 Å². The molecule has 12 heteroatoms. The third kappa shape index (κ3) is 6.58. The SMILES string of the molecule is CC(C)N1CCN([C@H](C(=O)Nc2nnc(N[C@@H]3CCN(c4cncnn4)C3)s2)C2CCC(C)(C)CC2)CC1. The third-order valence-corrected chi connectivity index (χ3v) is 9.30. The van der Waals surface area contributed by atoms with Gasteiger partial charge < -0.3 is 10.2 Å². The molecule has 2 saturated heterocycles. The highest BCUT2D eigenvalue weighted by atomic mass is 32.1. The highest BCUT2D eigenvalue weighted by Crippen LogP contribution is 2.40. The summed E-state index contributed by atoms with van der Waals surface area (Å²) in [6, 6.07) is 0.644. The highest BCUT2D eigenvalue weighted by Gasteiger charge is 2.39. The number of piperazine rings is 1. The first kappa shape index (κ1) is 27.1. The van der Waals surface area contributed by atoms with Gasteiger partial charge in [0, 0.05) is 51.4 Å². The molecule has 1 amide bonds. The van der Waals surface area contributed by atoms with E-state index in [1.54, 1.807) is 6.20 Å². The van der Waals surface area contributed by atoms with Crippen molar-refractivity contribution in [2.75, 3.05) is 54.8 Å². The Balaban J connectivity index is 1.20. The average molecular weight is 543 g/mol. The molecule has 1 aliphatic carbocycles. The molecule has 0 radical (unpaired) electrons. The van der Waals surface area contributed by atoms with Crippen molar-refractivity contribution in [2.24, 2.45) is 11.3 Å². The molecule has 2 aliphatic heterocycles. The lowest BCUT2D eigenvalue weighted by molar-refractivity contribution is -0.125. The van der Waals surface area contributed by atoms with E-state index in [1.807, 2.05) is 0 Å². The summed E-state index contributed by atoms with van der Waals surface area (Å²) in [6.07, 6.45) is 8.67. The van der Waals surface area contributed by atoms with Crippen LogP contribution in [0.5, 0.6) is 0 Å². The fourth-order valence-electron chi connectivity index (χ4n) is 6.11. The maximum atomic E-state index is 13.8. The van der Waals surface area contributed by atoms with Crippen LogP contribution >= 0.6 is 11.3 Å². The van der Waals surface area contributed by atoms with Crippen LogP contribution in [0, 0.1) is 11.3 Å². The van der Waals surface area contributed by atoms with Crippen LogP contribution < -0.4 is 15.5 Å². The number of hydrogen-bond donors (Lipinski definition) is 2. The summed E-state index contributed by atoms with van der Waals surface area (Å²) in [4.78, 5) is 24.9. The van der Waals surface area contributed by atoms with Crippen molar-refractivity contribution in [3.63, 3.8) is 0 Å². The van der Waals surface area contributed by atoms with Crippen LogP contribution in [0.3, 0.4) is 0 Å². The second kappa shape index (κ2) is 11.7. The number of hydrogen-bond acceptors (Lipinski definition) is 11. The zero-order chi connectivity index (χ0) is 26.7. The predicted octanol–water partition coefficient (Wildman–Crippen LogP) is 2.96. The maximum absolute atomic E-state index is 13.8. The summed E-state index contributed by atoms with van der Waals surface area (Å²) >= 11 is 1.41. The van der Waals surface area contributed by atoms with Crippen molar-refractivity contribution in [1.29, 1.82) is 0 Å². The largest absolute Gasteiger partial charge is 0.355 e. The molecule has 0 bridgehead atoms. The van der Waals surface area contributed by atoms with Gasteiger partial charge in [-0.3, -0.25) is 19.9 Å². The Labute approximate surface area is 229 Å². The zero-order valence-electron chi connectivity index (χ0n) is 23.1. The topological polar surface area (TPSA) is 115 Å². The number of nitrogens with one attached hydrogen (secondary N) is 2. The van der Waals surface area contributed by atoms with Crippen LogP contribution in [0.15, 0.2) is 12.5 Å². The van der Waals surface area contributed by atoms with Crippen LogP contribution in [-0.2, 0) is 4.79 Å². The molecule has 0 unspecified atom stereocenters. The molecule has 3 aliphatic rings.